The lowest BCUT2D eigenvalue weighted by atomic mass is 10.0. The molecule has 2 nitrogen and oxygen atoms in total. The van der Waals surface area contributed by atoms with Crippen LogP contribution in [0.4, 0.5) is 13.2 Å². The maximum Gasteiger partial charge on any atom is 0.416 e. The summed E-state index contributed by atoms with van der Waals surface area (Å²) >= 11 is 0. The number of ether oxygens (including phenoxy) is 1. The van der Waals surface area contributed by atoms with Crippen molar-refractivity contribution in [2.75, 3.05) is 6.61 Å². The van der Waals surface area contributed by atoms with E-state index >= 15 is 0 Å². The maximum atomic E-state index is 12.9. The minimum absolute atomic E-state index is 0.216. The number of halogens is 3. The van der Waals surface area contributed by atoms with Gasteiger partial charge in [-0.2, -0.15) is 13.2 Å². The SMILES string of the molecule is O=C(OCC1CC1)C1CC1c1ccccc1C(F)(F)F. The third-order valence-corrected chi connectivity index (χ3v) is 3.92. The van der Waals surface area contributed by atoms with E-state index in [9.17, 15) is 18.0 Å². The van der Waals surface area contributed by atoms with E-state index in [0.717, 1.165) is 18.9 Å². The van der Waals surface area contributed by atoms with E-state index < -0.39 is 17.7 Å². The third-order valence-electron chi connectivity index (χ3n) is 3.92. The summed E-state index contributed by atoms with van der Waals surface area (Å²) < 4.78 is 43.9. The first kappa shape index (κ1) is 13.5. The molecule has 2 aliphatic rings. The molecule has 3 rings (SSSR count). The Hall–Kier alpha value is -1.52. The Morgan fingerprint density at radius 1 is 1.25 bits per heavy atom. The van der Waals surface area contributed by atoms with E-state index in [1.165, 1.54) is 12.1 Å². The molecule has 2 unspecified atom stereocenters. The highest BCUT2D eigenvalue weighted by molar-refractivity contribution is 5.77. The zero-order valence-electron chi connectivity index (χ0n) is 10.8. The second-order valence-corrected chi connectivity index (χ2v) is 5.61. The number of rotatable bonds is 4. The molecule has 0 spiro atoms. The largest absolute Gasteiger partial charge is 0.465 e. The monoisotopic (exact) mass is 284 g/mol. The van der Waals surface area contributed by atoms with E-state index in [2.05, 4.69) is 0 Å². The molecule has 20 heavy (non-hydrogen) atoms. The molecule has 2 aliphatic carbocycles. The third kappa shape index (κ3) is 2.81. The van der Waals surface area contributed by atoms with Gasteiger partial charge in [0.05, 0.1) is 18.1 Å². The zero-order chi connectivity index (χ0) is 14.3. The molecule has 1 aromatic carbocycles. The van der Waals surface area contributed by atoms with Gasteiger partial charge in [-0.05, 0) is 42.7 Å². The maximum absolute atomic E-state index is 12.9. The van der Waals surface area contributed by atoms with Crippen LogP contribution in [0, 0.1) is 11.8 Å². The molecule has 2 fully saturated rings. The summed E-state index contributed by atoms with van der Waals surface area (Å²) in [6.07, 6.45) is -1.76. The number of esters is 1. The summed E-state index contributed by atoms with van der Waals surface area (Å²) in [5.74, 6) is -0.630. The fraction of sp³-hybridized carbons (Fsp3) is 0.533. The van der Waals surface area contributed by atoms with Crippen LogP contribution in [0.3, 0.4) is 0 Å². The van der Waals surface area contributed by atoms with E-state index in [4.69, 9.17) is 4.74 Å². The second-order valence-electron chi connectivity index (χ2n) is 5.61. The van der Waals surface area contributed by atoms with Crippen LogP contribution in [-0.2, 0) is 15.7 Å². The van der Waals surface area contributed by atoms with Gasteiger partial charge in [-0.15, -0.1) is 0 Å². The minimum Gasteiger partial charge on any atom is -0.465 e. The quantitative estimate of drug-likeness (QED) is 0.787. The van der Waals surface area contributed by atoms with Gasteiger partial charge < -0.3 is 4.74 Å². The summed E-state index contributed by atoms with van der Waals surface area (Å²) in [5, 5.41) is 0. The molecule has 5 heteroatoms. The van der Waals surface area contributed by atoms with Crippen LogP contribution >= 0.6 is 0 Å². The Bertz CT molecular complexity index is 520. The average molecular weight is 284 g/mol. The van der Waals surface area contributed by atoms with Crippen LogP contribution in [0.5, 0.6) is 0 Å². The van der Waals surface area contributed by atoms with Crippen molar-refractivity contribution < 1.29 is 22.7 Å². The lowest BCUT2D eigenvalue weighted by molar-refractivity contribution is -0.146. The van der Waals surface area contributed by atoms with Crippen molar-refractivity contribution in [1.82, 2.24) is 0 Å². The van der Waals surface area contributed by atoms with Gasteiger partial charge in [-0.1, -0.05) is 18.2 Å². The first-order valence-corrected chi connectivity index (χ1v) is 6.79. The highest BCUT2D eigenvalue weighted by Crippen LogP contribution is 2.51. The Kier molecular flexibility index (Phi) is 3.22. The number of hydrogen-bond acceptors (Lipinski definition) is 2. The molecular formula is C15H15F3O2. The predicted octanol–water partition coefficient (Wildman–Crippen LogP) is 3.76. The fourth-order valence-corrected chi connectivity index (χ4v) is 2.47. The van der Waals surface area contributed by atoms with Crippen LogP contribution in [0.1, 0.15) is 36.3 Å². The van der Waals surface area contributed by atoms with E-state index in [-0.39, 0.29) is 17.5 Å². The Balaban J connectivity index is 1.67. The lowest BCUT2D eigenvalue weighted by Crippen LogP contribution is -2.12. The molecule has 0 amide bonds. The number of carbonyl (C=O) groups is 1. The lowest BCUT2D eigenvalue weighted by Gasteiger charge is -2.12. The molecule has 2 saturated carbocycles. The molecule has 0 aromatic heterocycles. The molecular weight excluding hydrogens is 269 g/mol. The van der Waals surface area contributed by atoms with Crippen molar-refractivity contribution in [2.24, 2.45) is 11.8 Å². The topological polar surface area (TPSA) is 26.3 Å². The van der Waals surface area contributed by atoms with Crippen molar-refractivity contribution >= 4 is 5.97 Å². The van der Waals surface area contributed by atoms with Gasteiger partial charge in [0.1, 0.15) is 0 Å². The Morgan fingerprint density at radius 3 is 2.60 bits per heavy atom. The van der Waals surface area contributed by atoms with E-state index in [0.29, 0.717) is 18.9 Å². The zero-order valence-corrected chi connectivity index (χ0v) is 10.8. The number of benzene rings is 1. The molecule has 108 valence electrons. The van der Waals surface area contributed by atoms with Gasteiger partial charge >= 0.3 is 12.1 Å². The smallest absolute Gasteiger partial charge is 0.416 e. The number of carbonyl (C=O) groups excluding carboxylic acids is 1. The van der Waals surface area contributed by atoms with Gasteiger partial charge in [0, 0.05) is 0 Å². The van der Waals surface area contributed by atoms with Crippen LogP contribution in [0.2, 0.25) is 0 Å². The van der Waals surface area contributed by atoms with E-state index in [1.807, 2.05) is 0 Å². The molecule has 0 N–H and O–H groups in total. The number of alkyl halides is 3. The molecule has 2 atom stereocenters. The number of hydrogen-bond donors (Lipinski definition) is 0. The molecule has 0 radical (unpaired) electrons. The van der Waals surface area contributed by atoms with Crippen molar-refractivity contribution in [1.29, 1.82) is 0 Å². The summed E-state index contributed by atoms with van der Waals surface area (Å²) in [6, 6.07) is 5.48. The highest BCUT2D eigenvalue weighted by Gasteiger charge is 2.49. The van der Waals surface area contributed by atoms with Gasteiger partial charge in [0.15, 0.2) is 0 Å². The first-order chi connectivity index (χ1) is 9.47. The van der Waals surface area contributed by atoms with Crippen LogP contribution < -0.4 is 0 Å². The van der Waals surface area contributed by atoms with Crippen LogP contribution in [0.25, 0.3) is 0 Å². The van der Waals surface area contributed by atoms with Gasteiger partial charge in [-0.3, -0.25) is 4.79 Å². The summed E-state index contributed by atoms with van der Waals surface area (Å²) in [6.45, 7) is 0.420. The summed E-state index contributed by atoms with van der Waals surface area (Å²) in [4.78, 5) is 11.8. The summed E-state index contributed by atoms with van der Waals surface area (Å²) in [7, 11) is 0. The van der Waals surface area contributed by atoms with Crippen molar-refractivity contribution in [3.63, 3.8) is 0 Å². The van der Waals surface area contributed by atoms with Gasteiger partial charge in [0.2, 0.25) is 0 Å². The van der Waals surface area contributed by atoms with Crippen LogP contribution in [0.15, 0.2) is 24.3 Å². The van der Waals surface area contributed by atoms with Gasteiger partial charge in [0.25, 0.3) is 0 Å². The van der Waals surface area contributed by atoms with Crippen molar-refractivity contribution in [3.05, 3.63) is 35.4 Å². The van der Waals surface area contributed by atoms with E-state index in [1.54, 1.807) is 6.07 Å². The molecule has 0 saturated heterocycles. The highest BCUT2D eigenvalue weighted by atomic mass is 19.4. The second kappa shape index (κ2) is 4.79. The van der Waals surface area contributed by atoms with Crippen molar-refractivity contribution in [3.8, 4) is 0 Å². The van der Waals surface area contributed by atoms with Gasteiger partial charge in [-0.25, -0.2) is 0 Å². The van der Waals surface area contributed by atoms with Crippen molar-refractivity contribution in [2.45, 2.75) is 31.4 Å². The fourth-order valence-electron chi connectivity index (χ4n) is 2.47. The minimum atomic E-state index is -4.37. The molecule has 1 aromatic rings. The van der Waals surface area contributed by atoms with Crippen LogP contribution in [-0.4, -0.2) is 12.6 Å². The molecule has 0 aliphatic heterocycles. The molecule has 0 bridgehead atoms. The molecule has 0 heterocycles. The summed E-state index contributed by atoms with van der Waals surface area (Å²) in [5.41, 5.74) is -0.420. The Morgan fingerprint density at radius 2 is 1.95 bits per heavy atom. The normalized spacial score (nSPS) is 25.4. The predicted molar refractivity (Wildman–Crippen MR) is 66.0 cm³/mol. The Labute approximate surface area is 114 Å². The first-order valence-electron chi connectivity index (χ1n) is 6.79. The standard InChI is InChI=1S/C15H15F3O2/c16-15(17,18)13-4-2-1-3-10(13)11-7-12(11)14(19)20-8-9-5-6-9/h1-4,9,11-12H,5-8H2. The average Bonchev–Trinajstić information content (AvgIpc) is 3.27.